The van der Waals surface area contributed by atoms with Crippen LogP contribution in [0, 0.1) is 5.92 Å². The summed E-state index contributed by atoms with van der Waals surface area (Å²) in [5.74, 6) is 0.863. The van der Waals surface area contributed by atoms with Gasteiger partial charge in [-0.1, -0.05) is 13.3 Å². The first kappa shape index (κ1) is 12.4. The van der Waals surface area contributed by atoms with Crippen LogP contribution in [0.15, 0.2) is 5.38 Å². The molecule has 1 aliphatic heterocycles. The second-order valence-corrected chi connectivity index (χ2v) is 5.50. The summed E-state index contributed by atoms with van der Waals surface area (Å²) in [6.07, 6.45) is 3.94. The number of rotatable bonds is 3. The summed E-state index contributed by atoms with van der Waals surface area (Å²) in [4.78, 5) is 18.2. The van der Waals surface area contributed by atoms with E-state index >= 15 is 0 Å². The summed E-state index contributed by atoms with van der Waals surface area (Å²) in [6.45, 7) is 4.00. The van der Waals surface area contributed by atoms with Gasteiger partial charge in [-0.25, -0.2) is 4.98 Å². The predicted octanol–water partition coefficient (Wildman–Crippen LogP) is 1.92. The maximum Gasteiger partial charge on any atom is 0.228 e. The van der Waals surface area contributed by atoms with Crippen molar-refractivity contribution in [3.63, 3.8) is 0 Å². The Kier molecular flexibility index (Phi) is 3.99. The van der Waals surface area contributed by atoms with E-state index in [2.05, 4.69) is 11.9 Å². The predicted molar refractivity (Wildman–Crippen MR) is 69.8 cm³/mol. The molecule has 1 amide bonds. The Morgan fingerprint density at radius 1 is 1.71 bits per heavy atom. The smallest absolute Gasteiger partial charge is 0.228 e. The molecule has 0 aliphatic carbocycles. The van der Waals surface area contributed by atoms with Crippen LogP contribution in [0.4, 0.5) is 5.13 Å². The van der Waals surface area contributed by atoms with Gasteiger partial charge in [0.25, 0.3) is 0 Å². The number of likely N-dealkylation sites (tertiary alicyclic amines) is 1. The number of nitrogen functional groups attached to an aromatic ring is 1. The van der Waals surface area contributed by atoms with E-state index in [1.54, 1.807) is 0 Å². The van der Waals surface area contributed by atoms with Gasteiger partial charge in [-0.15, -0.1) is 11.3 Å². The van der Waals surface area contributed by atoms with Crippen molar-refractivity contribution in [3.8, 4) is 0 Å². The summed E-state index contributed by atoms with van der Waals surface area (Å²) in [5, 5.41) is 2.41. The van der Waals surface area contributed by atoms with Gasteiger partial charge < -0.3 is 10.6 Å². The zero-order chi connectivity index (χ0) is 12.3. The number of hydrogen-bond acceptors (Lipinski definition) is 4. The molecule has 4 nitrogen and oxygen atoms in total. The molecule has 0 bridgehead atoms. The minimum atomic E-state index is 0.188. The normalized spacial score (nSPS) is 20.5. The molecule has 2 rings (SSSR count). The van der Waals surface area contributed by atoms with E-state index in [-0.39, 0.29) is 5.91 Å². The number of nitrogens with zero attached hydrogens (tertiary/aromatic N) is 2. The zero-order valence-corrected chi connectivity index (χ0v) is 11.0. The van der Waals surface area contributed by atoms with Crippen molar-refractivity contribution in [2.45, 2.75) is 32.6 Å². The number of thiazole rings is 1. The number of anilines is 1. The lowest BCUT2D eigenvalue weighted by Crippen LogP contribution is -2.40. The minimum absolute atomic E-state index is 0.188. The van der Waals surface area contributed by atoms with E-state index in [9.17, 15) is 4.79 Å². The maximum atomic E-state index is 12.1. The Balaban J connectivity index is 1.91. The third kappa shape index (κ3) is 3.19. The highest BCUT2D eigenvalue weighted by molar-refractivity contribution is 7.13. The van der Waals surface area contributed by atoms with Gasteiger partial charge in [0.1, 0.15) is 0 Å². The lowest BCUT2D eigenvalue weighted by Gasteiger charge is -2.32. The highest BCUT2D eigenvalue weighted by Crippen LogP contribution is 2.20. The van der Waals surface area contributed by atoms with Crippen molar-refractivity contribution >= 4 is 22.4 Å². The van der Waals surface area contributed by atoms with Crippen LogP contribution in [-0.4, -0.2) is 28.9 Å². The number of carbonyl (C=O) groups is 1. The molecule has 0 spiro atoms. The molecule has 2 heterocycles. The number of aromatic nitrogens is 1. The SMILES string of the molecule is CCC1CCCN(C(=O)Cc2csc(N)n2)C1. The van der Waals surface area contributed by atoms with Gasteiger partial charge >= 0.3 is 0 Å². The first-order valence-corrected chi connectivity index (χ1v) is 7.04. The Hall–Kier alpha value is -1.10. The lowest BCUT2D eigenvalue weighted by molar-refractivity contribution is -0.132. The van der Waals surface area contributed by atoms with Gasteiger partial charge in [-0.05, 0) is 18.8 Å². The third-order valence-electron chi connectivity index (χ3n) is 3.35. The summed E-state index contributed by atoms with van der Waals surface area (Å²) in [7, 11) is 0. The number of amides is 1. The third-order valence-corrected chi connectivity index (χ3v) is 4.07. The molecule has 5 heteroatoms. The van der Waals surface area contributed by atoms with Crippen molar-refractivity contribution < 1.29 is 4.79 Å². The van der Waals surface area contributed by atoms with E-state index < -0.39 is 0 Å². The fraction of sp³-hybridized carbons (Fsp3) is 0.667. The molecule has 1 aromatic heterocycles. The molecule has 0 aromatic carbocycles. The first-order valence-electron chi connectivity index (χ1n) is 6.16. The monoisotopic (exact) mass is 253 g/mol. The fourth-order valence-corrected chi connectivity index (χ4v) is 2.86. The largest absolute Gasteiger partial charge is 0.375 e. The maximum absolute atomic E-state index is 12.1. The number of carbonyl (C=O) groups excluding carboxylic acids is 1. The molecule has 1 fully saturated rings. The number of nitrogens with two attached hydrogens (primary N) is 1. The average Bonchev–Trinajstić information content (AvgIpc) is 2.75. The van der Waals surface area contributed by atoms with Gasteiger partial charge in [-0.2, -0.15) is 0 Å². The van der Waals surface area contributed by atoms with Crippen molar-refractivity contribution in [1.29, 1.82) is 0 Å². The second kappa shape index (κ2) is 5.49. The molecular formula is C12H19N3OS. The average molecular weight is 253 g/mol. The van der Waals surface area contributed by atoms with E-state index in [4.69, 9.17) is 5.73 Å². The van der Waals surface area contributed by atoms with Crippen LogP contribution in [0.2, 0.25) is 0 Å². The molecule has 2 N–H and O–H groups in total. The molecule has 1 saturated heterocycles. The van der Waals surface area contributed by atoms with Gasteiger partial charge in [-0.3, -0.25) is 4.79 Å². The molecule has 94 valence electrons. The van der Waals surface area contributed by atoms with Crippen LogP contribution in [0.1, 0.15) is 31.9 Å². The van der Waals surface area contributed by atoms with Crippen LogP contribution in [0.25, 0.3) is 0 Å². The zero-order valence-electron chi connectivity index (χ0n) is 10.2. The van der Waals surface area contributed by atoms with E-state index in [1.807, 2.05) is 10.3 Å². The van der Waals surface area contributed by atoms with E-state index in [0.717, 1.165) is 31.6 Å². The van der Waals surface area contributed by atoms with Crippen molar-refractivity contribution in [3.05, 3.63) is 11.1 Å². The van der Waals surface area contributed by atoms with Crippen LogP contribution in [0.5, 0.6) is 0 Å². The van der Waals surface area contributed by atoms with Crippen LogP contribution >= 0.6 is 11.3 Å². The highest BCUT2D eigenvalue weighted by Gasteiger charge is 2.22. The molecule has 17 heavy (non-hydrogen) atoms. The topological polar surface area (TPSA) is 59.2 Å². The van der Waals surface area contributed by atoms with Crippen molar-refractivity contribution in [2.24, 2.45) is 5.92 Å². The quantitative estimate of drug-likeness (QED) is 0.895. The summed E-state index contributed by atoms with van der Waals surface area (Å²) < 4.78 is 0. The fourth-order valence-electron chi connectivity index (χ4n) is 2.30. The summed E-state index contributed by atoms with van der Waals surface area (Å²) >= 11 is 1.39. The second-order valence-electron chi connectivity index (χ2n) is 4.61. The van der Waals surface area contributed by atoms with Crippen LogP contribution in [0.3, 0.4) is 0 Å². The molecule has 0 saturated carbocycles. The molecule has 0 radical (unpaired) electrons. The van der Waals surface area contributed by atoms with Gasteiger partial charge in [0.05, 0.1) is 12.1 Å². The standard InChI is InChI=1S/C12H19N3OS/c1-2-9-4-3-5-15(7-9)11(16)6-10-8-17-12(13)14-10/h8-9H,2-7H2,1H3,(H2,13,14). The van der Waals surface area contributed by atoms with Crippen LogP contribution < -0.4 is 5.73 Å². The van der Waals surface area contributed by atoms with E-state index in [1.165, 1.54) is 17.8 Å². The van der Waals surface area contributed by atoms with Gasteiger partial charge in [0, 0.05) is 18.5 Å². The van der Waals surface area contributed by atoms with Gasteiger partial charge in [0.2, 0.25) is 5.91 Å². The van der Waals surface area contributed by atoms with E-state index in [0.29, 0.717) is 17.5 Å². The van der Waals surface area contributed by atoms with Crippen molar-refractivity contribution in [1.82, 2.24) is 9.88 Å². The lowest BCUT2D eigenvalue weighted by atomic mass is 9.95. The number of piperidine rings is 1. The molecule has 1 unspecified atom stereocenters. The Bertz CT molecular complexity index is 391. The van der Waals surface area contributed by atoms with Crippen molar-refractivity contribution in [2.75, 3.05) is 18.8 Å². The molecule has 1 atom stereocenters. The first-order chi connectivity index (χ1) is 8.19. The Morgan fingerprint density at radius 3 is 3.18 bits per heavy atom. The van der Waals surface area contributed by atoms with Gasteiger partial charge in [0.15, 0.2) is 5.13 Å². The molecular weight excluding hydrogens is 234 g/mol. The Labute approximate surface area is 106 Å². The molecule has 1 aromatic rings. The minimum Gasteiger partial charge on any atom is -0.375 e. The van der Waals surface area contributed by atoms with Crippen LogP contribution in [-0.2, 0) is 11.2 Å². The summed E-state index contributed by atoms with van der Waals surface area (Å²) in [6, 6.07) is 0. The number of hydrogen-bond donors (Lipinski definition) is 1. The molecule has 1 aliphatic rings. The summed E-state index contributed by atoms with van der Waals surface area (Å²) in [5.41, 5.74) is 6.36. The highest BCUT2D eigenvalue weighted by atomic mass is 32.1. The Morgan fingerprint density at radius 2 is 2.53 bits per heavy atom.